The number of pyridine rings is 1. The molecule has 5 heteroatoms. The highest BCUT2D eigenvalue weighted by molar-refractivity contribution is 5.96. The topological polar surface area (TPSA) is 79.5 Å². The van der Waals surface area contributed by atoms with E-state index in [0.717, 1.165) is 5.56 Å². The molecular formula is C15H17N3O2. The van der Waals surface area contributed by atoms with Crippen molar-refractivity contribution in [3.8, 4) is 0 Å². The summed E-state index contributed by atoms with van der Waals surface area (Å²) in [4.78, 5) is 17.1. The number of nitrogens with two attached hydrogens (primary N) is 1. The van der Waals surface area contributed by atoms with Gasteiger partial charge in [0.15, 0.2) is 5.82 Å². The molecule has 3 N–H and O–H groups in total. The number of aryl methyl sites for hydroxylation is 1. The van der Waals surface area contributed by atoms with Gasteiger partial charge < -0.3 is 15.7 Å². The maximum atomic E-state index is 11.1. The molecule has 0 amide bonds. The van der Waals surface area contributed by atoms with Crippen LogP contribution in [0.5, 0.6) is 0 Å². The normalized spacial score (nSPS) is 10.3. The van der Waals surface area contributed by atoms with E-state index in [1.54, 1.807) is 0 Å². The maximum absolute atomic E-state index is 11.1. The Kier molecular flexibility index (Phi) is 3.89. The Labute approximate surface area is 117 Å². The third kappa shape index (κ3) is 2.88. The molecular weight excluding hydrogens is 254 g/mol. The van der Waals surface area contributed by atoms with Crippen LogP contribution in [0.1, 0.15) is 21.5 Å². The lowest BCUT2D eigenvalue weighted by molar-refractivity contribution is 0.0698. The predicted octanol–water partition coefficient (Wildman–Crippen LogP) is 2.31. The van der Waals surface area contributed by atoms with Crippen LogP contribution in [0.25, 0.3) is 0 Å². The van der Waals surface area contributed by atoms with Crippen molar-refractivity contribution in [2.75, 3.05) is 17.7 Å². The van der Waals surface area contributed by atoms with E-state index in [1.807, 2.05) is 37.1 Å². The Balaban J connectivity index is 2.28. The lowest BCUT2D eigenvalue weighted by Gasteiger charge is -2.20. The first-order chi connectivity index (χ1) is 9.49. The van der Waals surface area contributed by atoms with Gasteiger partial charge in [0.1, 0.15) is 0 Å². The minimum atomic E-state index is -1.05. The van der Waals surface area contributed by atoms with E-state index in [9.17, 15) is 4.79 Å². The zero-order valence-electron chi connectivity index (χ0n) is 11.5. The van der Waals surface area contributed by atoms with Crippen molar-refractivity contribution in [3.05, 3.63) is 53.2 Å². The first kappa shape index (κ1) is 13.9. The Morgan fingerprint density at radius 1 is 1.40 bits per heavy atom. The molecule has 0 aliphatic rings. The maximum Gasteiger partial charge on any atom is 0.337 e. The summed E-state index contributed by atoms with van der Waals surface area (Å²) in [5.41, 5.74) is 8.45. The summed E-state index contributed by atoms with van der Waals surface area (Å²) < 4.78 is 0. The van der Waals surface area contributed by atoms with Crippen LogP contribution in [-0.4, -0.2) is 23.1 Å². The number of nitrogen functional groups attached to an aromatic ring is 1. The van der Waals surface area contributed by atoms with Gasteiger partial charge in [-0.3, -0.25) is 0 Å². The van der Waals surface area contributed by atoms with Crippen molar-refractivity contribution >= 4 is 17.5 Å². The van der Waals surface area contributed by atoms with E-state index < -0.39 is 5.97 Å². The number of nitrogens with zero attached hydrogens (tertiary/aromatic N) is 2. The second-order valence-corrected chi connectivity index (χ2v) is 4.75. The molecule has 1 aromatic heterocycles. The molecule has 0 bridgehead atoms. The molecule has 0 aliphatic heterocycles. The van der Waals surface area contributed by atoms with Crippen LogP contribution in [0.15, 0.2) is 36.5 Å². The standard InChI is InChI=1S/C15H17N3O2/c1-10-4-3-5-11(8-10)9-18(2)14-13(16)12(15(19)20)6-7-17-14/h3-8H,9,16H2,1-2H3,(H,19,20). The second-order valence-electron chi connectivity index (χ2n) is 4.75. The molecule has 20 heavy (non-hydrogen) atoms. The van der Waals surface area contributed by atoms with E-state index in [4.69, 9.17) is 10.8 Å². The fourth-order valence-corrected chi connectivity index (χ4v) is 2.11. The van der Waals surface area contributed by atoms with Gasteiger partial charge in [-0.2, -0.15) is 0 Å². The van der Waals surface area contributed by atoms with Gasteiger partial charge >= 0.3 is 5.97 Å². The molecule has 1 aromatic carbocycles. The zero-order valence-corrected chi connectivity index (χ0v) is 11.5. The summed E-state index contributed by atoms with van der Waals surface area (Å²) in [5.74, 6) is -0.568. The van der Waals surface area contributed by atoms with Gasteiger partial charge in [0.25, 0.3) is 0 Å². The first-order valence-electron chi connectivity index (χ1n) is 6.23. The molecule has 0 radical (unpaired) electrons. The number of rotatable bonds is 4. The van der Waals surface area contributed by atoms with Gasteiger partial charge in [-0.1, -0.05) is 29.8 Å². The molecule has 2 rings (SSSR count). The molecule has 104 valence electrons. The highest BCUT2D eigenvalue weighted by Crippen LogP contribution is 2.24. The quantitative estimate of drug-likeness (QED) is 0.892. The highest BCUT2D eigenvalue weighted by Gasteiger charge is 2.15. The molecule has 0 atom stereocenters. The van der Waals surface area contributed by atoms with Gasteiger partial charge in [-0.05, 0) is 18.6 Å². The number of carboxylic acids is 1. The summed E-state index contributed by atoms with van der Waals surface area (Å²) in [6.07, 6.45) is 1.46. The smallest absolute Gasteiger partial charge is 0.337 e. The van der Waals surface area contributed by atoms with Gasteiger partial charge in [-0.25, -0.2) is 9.78 Å². The van der Waals surface area contributed by atoms with Crippen molar-refractivity contribution in [3.63, 3.8) is 0 Å². The summed E-state index contributed by atoms with van der Waals surface area (Å²) in [5, 5.41) is 9.07. The minimum Gasteiger partial charge on any atom is -0.478 e. The van der Waals surface area contributed by atoms with Crippen molar-refractivity contribution in [1.29, 1.82) is 0 Å². The zero-order chi connectivity index (χ0) is 14.7. The lowest BCUT2D eigenvalue weighted by atomic mass is 10.1. The SMILES string of the molecule is Cc1cccc(CN(C)c2nccc(C(=O)O)c2N)c1. The minimum absolute atomic E-state index is 0.0751. The summed E-state index contributed by atoms with van der Waals surface area (Å²) in [6, 6.07) is 9.51. The van der Waals surface area contributed by atoms with Crippen LogP contribution in [-0.2, 0) is 6.54 Å². The van der Waals surface area contributed by atoms with Crippen LogP contribution in [0, 0.1) is 6.92 Å². The third-order valence-electron chi connectivity index (χ3n) is 3.06. The summed E-state index contributed by atoms with van der Waals surface area (Å²) in [6.45, 7) is 2.64. The van der Waals surface area contributed by atoms with Crippen molar-refractivity contribution in [2.45, 2.75) is 13.5 Å². The van der Waals surface area contributed by atoms with Gasteiger partial charge in [0.05, 0.1) is 11.3 Å². The van der Waals surface area contributed by atoms with Crippen molar-refractivity contribution < 1.29 is 9.90 Å². The first-order valence-corrected chi connectivity index (χ1v) is 6.23. The molecule has 0 spiro atoms. The number of carboxylic acid groups (broad SMARTS) is 1. The van der Waals surface area contributed by atoms with E-state index in [-0.39, 0.29) is 11.3 Å². The number of carbonyl (C=O) groups is 1. The van der Waals surface area contributed by atoms with Crippen LogP contribution < -0.4 is 10.6 Å². The van der Waals surface area contributed by atoms with Crippen LogP contribution in [0.4, 0.5) is 11.5 Å². The van der Waals surface area contributed by atoms with E-state index >= 15 is 0 Å². The predicted molar refractivity (Wildman–Crippen MR) is 78.9 cm³/mol. The molecule has 0 unspecified atom stereocenters. The Morgan fingerprint density at radius 2 is 2.15 bits per heavy atom. The van der Waals surface area contributed by atoms with Crippen LogP contribution >= 0.6 is 0 Å². The number of hydrogen-bond donors (Lipinski definition) is 2. The van der Waals surface area contributed by atoms with E-state index in [2.05, 4.69) is 11.1 Å². The molecule has 1 heterocycles. The monoisotopic (exact) mass is 271 g/mol. The largest absolute Gasteiger partial charge is 0.478 e. The number of aromatic nitrogens is 1. The van der Waals surface area contributed by atoms with E-state index in [0.29, 0.717) is 12.4 Å². The Bertz CT molecular complexity index is 641. The number of anilines is 2. The molecule has 0 fully saturated rings. The van der Waals surface area contributed by atoms with E-state index in [1.165, 1.54) is 17.8 Å². The fraction of sp³-hybridized carbons (Fsp3) is 0.200. The fourth-order valence-electron chi connectivity index (χ4n) is 2.11. The molecule has 5 nitrogen and oxygen atoms in total. The molecule has 2 aromatic rings. The molecule has 0 saturated carbocycles. The van der Waals surface area contributed by atoms with Gasteiger partial charge in [-0.15, -0.1) is 0 Å². The summed E-state index contributed by atoms with van der Waals surface area (Å²) >= 11 is 0. The van der Waals surface area contributed by atoms with Gasteiger partial charge in [0, 0.05) is 19.8 Å². The summed E-state index contributed by atoms with van der Waals surface area (Å²) in [7, 11) is 1.84. The second kappa shape index (κ2) is 5.61. The number of benzene rings is 1. The average molecular weight is 271 g/mol. The highest BCUT2D eigenvalue weighted by atomic mass is 16.4. The number of hydrogen-bond acceptors (Lipinski definition) is 4. The van der Waals surface area contributed by atoms with Gasteiger partial charge in [0.2, 0.25) is 0 Å². The average Bonchev–Trinajstić information content (AvgIpc) is 2.38. The lowest BCUT2D eigenvalue weighted by Crippen LogP contribution is -2.20. The van der Waals surface area contributed by atoms with Crippen LogP contribution in [0.2, 0.25) is 0 Å². The molecule has 0 aliphatic carbocycles. The Morgan fingerprint density at radius 3 is 2.80 bits per heavy atom. The van der Waals surface area contributed by atoms with Crippen LogP contribution in [0.3, 0.4) is 0 Å². The van der Waals surface area contributed by atoms with Crippen molar-refractivity contribution in [1.82, 2.24) is 4.98 Å². The Hall–Kier alpha value is -2.56. The number of aromatic carboxylic acids is 1. The third-order valence-corrected chi connectivity index (χ3v) is 3.06. The van der Waals surface area contributed by atoms with Crippen molar-refractivity contribution in [2.24, 2.45) is 0 Å². The molecule has 0 saturated heterocycles.